The Balaban J connectivity index is 1.32. The second kappa shape index (κ2) is 7.45. The molecule has 1 aliphatic carbocycles. The third-order valence-corrected chi connectivity index (χ3v) is 7.72. The number of carbonyl (C=O) groups excluding carboxylic acids is 2. The molecule has 1 aromatic carbocycles. The van der Waals surface area contributed by atoms with Gasteiger partial charge in [0.05, 0.1) is 6.20 Å². The van der Waals surface area contributed by atoms with Crippen molar-refractivity contribution in [2.75, 3.05) is 29.0 Å². The number of piperidine rings is 1. The number of anilines is 3. The average Bonchev–Trinajstić information content (AvgIpc) is 3.19. The van der Waals surface area contributed by atoms with Crippen molar-refractivity contribution in [3.05, 3.63) is 30.0 Å². The lowest BCUT2D eigenvalue weighted by molar-refractivity contribution is -0.120. The van der Waals surface area contributed by atoms with Gasteiger partial charge in [0.15, 0.2) is 5.82 Å². The van der Waals surface area contributed by atoms with Gasteiger partial charge in [0.2, 0.25) is 6.17 Å². The lowest BCUT2D eigenvalue weighted by Gasteiger charge is -2.41. The van der Waals surface area contributed by atoms with E-state index in [1.165, 1.54) is 11.8 Å². The van der Waals surface area contributed by atoms with E-state index in [4.69, 9.17) is 11.5 Å². The lowest BCUT2D eigenvalue weighted by Crippen LogP contribution is -2.47. The Morgan fingerprint density at radius 3 is 2.71 bits per heavy atom. The van der Waals surface area contributed by atoms with Crippen LogP contribution in [0.15, 0.2) is 34.3 Å². The topological polar surface area (TPSA) is 127 Å². The van der Waals surface area contributed by atoms with Crippen molar-refractivity contribution >= 4 is 40.8 Å². The number of alkyl halides is 1. The van der Waals surface area contributed by atoms with Gasteiger partial charge in [-0.1, -0.05) is 17.8 Å². The molecule has 1 aromatic heterocycles. The normalized spacial score (nSPS) is 24.5. The van der Waals surface area contributed by atoms with Crippen LogP contribution in [0.4, 0.5) is 21.7 Å². The Kier molecular flexibility index (Phi) is 4.86. The summed E-state index contributed by atoms with van der Waals surface area (Å²) in [7, 11) is 0. The van der Waals surface area contributed by atoms with E-state index in [9.17, 15) is 14.0 Å². The number of nitrogens with zero attached hydrogens (tertiary/aromatic N) is 3. The number of nitrogen functional groups attached to an aromatic ring is 1. The van der Waals surface area contributed by atoms with Crippen LogP contribution in [0.1, 0.15) is 37.4 Å². The van der Waals surface area contributed by atoms with Gasteiger partial charge in [-0.15, -0.1) is 0 Å². The summed E-state index contributed by atoms with van der Waals surface area (Å²) < 4.78 is 14.3. The summed E-state index contributed by atoms with van der Waals surface area (Å²) in [6.07, 6.45) is 2.68. The molecule has 3 heterocycles. The fourth-order valence-electron chi connectivity index (χ4n) is 4.83. The minimum Gasteiger partial charge on any atom is -0.381 e. The van der Waals surface area contributed by atoms with Crippen molar-refractivity contribution in [1.29, 1.82) is 0 Å². The molecule has 1 saturated heterocycles. The molecule has 5 rings (SSSR count). The first-order chi connectivity index (χ1) is 14.9. The summed E-state index contributed by atoms with van der Waals surface area (Å²) in [6.45, 7) is 1.48. The highest BCUT2D eigenvalue weighted by molar-refractivity contribution is 7.99. The Bertz CT molecular complexity index is 1070. The number of carbonyl (C=O) groups is 2. The number of nitrogens with two attached hydrogens (primary N) is 2. The summed E-state index contributed by atoms with van der Waals surface area (Å²) in [6, 6.07) is 5.09. The van der Waals surface area contributed by atoms with Gasteiger partial charge < -0.3 is 21.7 Å². The summed E-state index contributed by atoms with van der Waals surface area (Å²) in [4.78, 5) is 35.2. The van der Waals surface area contributed by atoms with E-state index in [0.29, 0.717) is 39.8 Å². The van der Waals surface area contributed by atoms with Crippen molar-refractivity contribution < 1.29 is 14.0 Å². The predicted octanol–water partition coefficient (Wildman–Crippen LogP) is 2.45. The molecule has 2 aliphatic heterocycles. The molecule has 2 fully saturated rings. The first-order valence-electron chi connectivity index (χ1n) is 10.3. The van der Waals surface area contributed by atoms with E-state index < -0.39 is 12.1 Å². The highest BCUT2D eigenvalue weighted by Crippen LogP contribution is 2.45. The Labute approximate surface area is 183 Å². The van der Waals surface area contributed by atoms with Gasteiger partial charge in [-0.3, -0.25) is 9.59 Å². The summed E-state index contributed by atoms with van der Waals surface area (Å²) in [5, 5.41) is 2.99. The van der Waals surface area contributed by atoms with Crippen LogP contribution in [0.25, 0.3) is 0 Å². The molecule has 0 bridgehead atoms. The maximum atomic E-state index is 14.3. The summed E-state index contributed by atoms with van der Waals surface area (Å²) in [5.74, 6) is 0.518. The van der Waals surface area contributed by atoms with E-state index >= 15 is 0 Å². The van der Waals surface area contributed by atoms with Crippen molar-refractivity contribution in [1.82, 2.24) is 9.97 Å². The highest BCUT2D eigenvalue weighted by atomic mass is 32.2. The molecule has 8 nitrogen and oxygen atoms in total. The number of halogens is 1. The minimum absolute atomic E-state index is 0.0645. The second-order valence-corrected chi connectivity index (χ2v) is 9.50. The number of nitrogens with one attached hydrogen (secondary N) is 1. The van der Waals surface area contributed by atoms with Crippen LogP contribution >= 0.6 is 11.8 Å². The molecule has 5 N–H and O–H groups in total. The predicted molar refractivity (Wildman–Crippen MR) is 116 cm³/mol. The average molecular weight is 443 g/mol. The number of hydrogen-bond donors (Lipinski definition) is 3. The molecule has 162 valence electrons. The van der Waals surface area contributed by atoms with Gasteiger partial charge in [-0.05, 0) is 30.4 Å². The number of amides is 1. The van der Waals surface area contributed by atoms with Crippen LogP contribution < -0.4 is 21.7 Å². The van der Waals surface area contributed by atoms with Gasteiger partial charge in [-0.2, -0.15) is 0 Å². The third-order valence-electron chi connectivity index (χ3n) is 6.63. The molecule has 2 aromatic rings. The van der Waals surface area contributed by atoms with Gasteiger partial charge >= 0.3 is 0 Å². The zero-order valence-corrected chi connectivity index (χ0v) is 17.6. The lowest BCUT2D eigenvalue weighted by atomic mass is 9.74. The molecule has 1 saturated carbocycles. The number of ketones is 1. The van der Waals surface area contributed by atoms with Crippen molar-refractivity contribution in [2.24, 2.45) is 11.1 Å². The van der Waals surface area contributed by atoms with E-state index in [-0.39, 0.29) is 23.1 Å². The fraction of sp³-hybridized carbons (Fsp3) is 0.429. The van der Waals surface area contributed by atoms with Gasteiger partial charge in [0.1, 0.15) is 16.6 Å². The monoisotopic (exact) mass is 442 g/mol. The van der Waals surface area contributed by atoms with Crippen LogP contribution in [0.5, 0.6) is 0 Å². The summed E-state index contributed by atoms with van der Waals surface area (Å²) in [5.41, 5.74) is 13.1. The van der Waals surface area contributed by atoms with Gasteiger partial charge in [-0.25, -0.2) is 14.4 Å². The SMILES string of the molecule is Nc1nc(N2CCC3(CC2)CC(=O)C[C@@H]3N)cnc1Sc1cccc2c1C(F)C(=O)N2. The molecule has 10 heteroatoms. The van der Waals surface area contributed by atoms with E-state index in [1.54, 1.807) is 24.4 Å². The molecule has 2 atom stereocenters. The third kappa shape index (κ3) is 3.43. The molecule has 3 aliphatic rings. The summed E-state index contributed by atoms with van der Waals surface area (Å²) >= 11 is 1.19. The molecular formula is C21H23FN6O2S. The minimum atomic E-state index is -1.71. The number of benzene rings is 1. The zero-order valence-electron chi connectivity index (χ0n) is 16.8. The number of aromatic nitrogens is 2. The number of Topliss-reactive ketones (excluding diaryl/α,β-unsaturated/α-hetero) is 1. The Morgan fingerprint density at radius 2 is 2.03 bits per heavy atom. The van der Waals surface area contributed by atoms with Gasteiger partial charge in [0, 0.05) is 48.1 Å². The quantitative estimate of drug-likeness (QED) is 0.661. The maximum Gasteiger partial charge on any atom is 0.263 e. The van der Waals surface area contributed by atoms with E-state index in [0.717, 1.165) is 25.9 Å². The van der Waals surface area contributed by atoms with Gasteiger partial charge in [0.25, 0.3) is 5.91 Å². The van der Waals surface area contributed by atoms with E-state index in [1.807, 2.05) is 0 Å². The highest BCUT2D eigenvalue weighted by Gasteiger charge is 2.46. The smallest absolute Gasteiger partial charge is 0.263 e. The van der Waals surface area contributed by atoms with Crippen LogP contribution in [-0.2, 0) is 9.59 Å². The molecule has 0 radical (unpaired) electrons. The molecule has 1 unspecified atom stereocenters. The van der Waals surface area contributed by atoms with Crippen LogP contribution in [0.3, 0.4) is 0 Å². The zero-order chi connectivity index (χ0) is 21.8. The first-order valence-corrected chi connectivity index (χ1v) is 11.1. The maximum absolute atomic E-state index is 14.3. The molecule has 1 spiro atoms. The van der Waals surface area contributed by atoms with E-state index in [2.05, 4.69) is 20.2 Å². The largest absolute Gasteiger partial charge is 0.381 e. The standard InChI is InChI=1S/C21H23FN6O2S/c22-17-16-12(26-19(17)30)2-1-3-13(16)31-20-18(24)27-15(10-25-20)28-6-4-21(5-7-28)9-11(29)8-14(21)23/h1-3,10,14,17H,4-9,23H2,(H2,24,27)(H,26,30)/t14-,17?/m0/s1. The first kappa shape index (κ1) is 20.2. The van der Waals surface area contributed by atoms with Crippen molar-refractivity contribution in [3.63, 3.8) is 0 Å². The fourth-order valence-corrected chi connectivity index (χ4v) is 5.77. The Hall–Kier alpha value is -2.72. The van der Waals surface area contributed by atoms with Crippen molar-refractivity contribution in [3.8, 4) is 0 Å². The van der Waals surface area contributed by atoms with Crippen LogP contribution in [-0.4, -0.2) is 40.8 Å². The number of hydrogen-bond acceptors (Lipinski definition) is 8. The Morgan fingerprint density at radius 1 is 1.26 bits per heavy atom. The molecular weight excluding hydrogens is 419 g/mol. The molecule has 31 heavy (non-hydrogen) atoms. The number of fused-ring (bicyclic) bond motifs is 1. The van der Waals surface area contributed by atoms with Crippen molar-refractivity contribution in [2.45, 2.75) is 47.8 Å². The van der Waals surface area contributed by atoms with Crippen LogP contribution in [0.2, 0.25) is 0 Å². The number of rotatable bonds is 3. The second-order valence-electron chi connectivity index (χ2n) is 8.47. The van der Waals surface area contributed by atoms with Crippen LogP contribution in [0, 0.1) is 5.41 Å². The molecule has 1 amide bonds.